The third-order valence-corrected chi connectivity index (χ3v) is 5.10. The number of carbonyl (C=O) groups is 1. The second-order valence-corrected chi connectivity index (χ2v) is 6.81. The van der Waals surface area contributed by atoms with E-state index >= 15 is 0 Å². The van der Waals surface area contributed by atoms with Gasteiger partial charge < -0.3 is 14.7 Å². The highest BCUT2D eigenvalue weighted by Crippen LogP contribution is 2.19. The van der Waals surface area contributed by atoms with E-state index in [0.29, 0.717) is 0 Å². The fraction of sp³-hybridized carbons (Fsp3) is 0.533. The van der Waals surface area contributed by atoms with E-state index < -0.39 is 0 Å². The molecule has 122 valence electrons. The molecule has 4 rings (SSSR count). The normalized spacial score (nSPS) is 18.9. The van der Waals surface area contributed by atoms with Crippen molar-refractivity contribution in [2.45, 2.75) is 12.8 Å². The van der Waals surface area contributed by atoms with Gasteiger partial charge in [-0.3, -0.25) is 0 Å². The van der Waals surface area contributed by atoms with Crippen molar-refractivity contribution in [3.05, 3.63) is 22.9 Å². The van der Waals surface area contributed by atoms with Crippen LogP contribution < -0.4 is 4.90 Å². The monoisotopic (exact) mass is 378 g/mol. The smallest absolute Gasteiger partial charge is 0.320 e. The third kappa shape index (κ3) is 2.75. The molecule has 0 atom stereocenters. The van der Waals surface area contributed by atoms with Crippen molar-refractivity contribution in [1.29, 1.82) is 0 Å². The lowest BCUT2D eigenvalue weighted by atomic mass is 10.3. The molecule has 0 bridgehead atoms. The van der Waals surface area contributed by atoms with Crippen LogP contribution >= 0.6 is 15.9 Å². The first-order valence-corrected chi connectivity index (χ1v) is 8.81. The van der Waals surface area contributed by atoms with E-state index in [9.17, 15) is 4.79 Å². The van der Waals surface area contributed by atoms with Crippen LogP contribution in [0.2, 0.25) is 0 Å². The summed E-state index contributed by atoms with van der Waals surface area (Å²) in [6, 6.07) is 4.16. The summed E-state index contributed by atoms with van der Waals surface area (Å²) in [5.74, 6) is 0.921. The molecule has 2 amide bonds. The van der Waals surface area contributed by atoms with Gasteiger partial charge in [0, 0.05) is 39.3 Å². The molecule has 0 unspecified atom stereocenters. The van der Waals surface area contributed by atoms with E-state index in [-0.39, 0.29) is 6.03 Å². The van der Waals surface area contributed by atoms with E-state index in [2.05, 4.69) is 30.9 Å². The summed E-state index contributed by atoms with van der Waals surface area (Å²) in [6.07, 6.45) is 4.02. The molecule has 7 nitrogen and oxygen atoms in total. The molecule has 2 aromatic heterocycles. The standard InChI is InChI=1S/C15H19BrN6O/c16-12-11-17-13-3-4-14(18-22(12)13)19-7-9-21(10-8-19)15(23)20-5-1-2-6-20/h3-4,11H,1-2,5-10H2. The minimum Gasteiger partial charge on any atom is -0.352 e. The first-order chi connectivity index (χ1) is 11.2. The lowest BCUT2D eigenvalue weighted by Gasteiger charge is -2.37. The van der Waals surface area contributed by atoms with Gasteiger partial charge in [0.2, 0.25) is 0 Å². The maximum absolute atomic E-state index is 12.4. The lowest BCUT2D eigenvalue weighted by Crippen LogP contribution is -2.52. The van der Waals surface area contributed by atoms with E-state index in [0.717, 1.165) is 68.2 Å². The lowest BCUT2D eigenvalue weighted by molar-refractivity contribution is 0.159. The zero-order chi connectivity index (χ0) is 15.8. The van der Waals surface area contributed by atoms with Gasteiger partial charge >= 0.3 is 6.03 Å². The number of aromatic nitrogens is 3. The Balaban J connectivity index is 1.43. The van der Waals surface area contributed by atoms with E-state index in [1.807, 2.05) is 21.9 Å². The number of piperazine rings is 1. The SMILES string of the molecule is O=C(N1CCCC1)N1CCN(c2ccc3ncc(Br)n3n2)CC1. The second kappa shape index (κ2) is 5.99. The molecule has 2 aliphatic rings. The van der Waals surface area contributed by atoms with E-state index in [1.54, 1.807) is 10.7 Å². The fourth-order valence-corrected chi connectivity index (χ4v) is 3.60. The van der Waals surface area contributed by atoms with Gasteiger partial charge in [-0.1, -0.05) is 0 Å². The van der Waals surface area contributed by atoms with Crippen molar-refractivity contribution in [3.8, 4) is 0 Å². The maximum atomic E-state index is 12.4. The number of hydrogen-bond acceptors (Lipinski definition) is 4. The van der Waals surface area contributed by atoms with E-state index in [1.165, 1.54) is 0 Å². The number of anilines is 1. The first-order valence-electron chi connectivity index (χ1n) is 8.01. The molecule has 4 heterocycles. The topological polar surface area (TPSA) is 57.0 Å². The number of carbonyl (C=O) groups excluding carboxylic acids is 1. The largest absolute Gasteiger partial charge is 0.352 e. The summed E-state index contributed by atoms with van der Waals surface area (Å²) in [4.78, 5) is 22.9. The summed E-state index contributed by atoms with van der Waals surface area (Å²) in [7, 11) is 0. The molecular weight excluding hydrogens is 360 g/mol. The average molecular weight is 379 g/mol. The Morgan fingerprint density at radius 3 is 2.43 bits per heavy atom. The predicted octanol–water partition coefficient (Wildman–Crippen LogP) is 1.83. The highest BCUT2D eigenvalue weighted by Gasteiger charge is 2.27. The zero-order valence-electron chi connectivity index (χ0n) is 12.9. The van der Waals surface area contributed by atoms with Crippen LogP contribution in [-0.4, -0.2) is 69.7 Å². The van der Waals surface area contributed by atoms with Crippen molar-refractivity contribution in [2.24, 2.45) is 0 Å². The summed E-state index contributed by atoms with van der Waals surface area (Å²) in [5.41, 5.74) is 0.823. The highest BCUT2D eigenvalue weighted by molar-refractivity contribution is 9.10. The second-order valence-electron chi connectivity index (χ2n) is 5.99. The molecular formula is C15H19BrN6O. The van der Waals surface area contributed by atoms with Crippen LogP contribution in [0.25, 0.3) is 5.65 Å². The van der Waals surface area contributed by atoms with E-state index in [4.69, 9.17) is 0 Å². The Hall–Kier alpha value is -1.83. The molecule has 0 radical (unpaired) electrons. The number of imidazole rings is 1. The molecule has 0 saturated carbocycles. The number of nitrogens with zero attached hydrogens (tertiary/aromatic N) is 6. The number of likely N-dealkylation sites (tertiary alicyclic amines) is 1. The molecule has 2 fully saturated rings. The number of fused-ring (bicyclic) bond motifs is 1. The number of rotatable bonds is 1. The van der Waals surface area contributed by atoms with Gasteiger partial charge in [0.1, 0.15) is 10.4 Å². The van der Waals surface area contributed by atoms with Crippen molar-refractivity contribution >= 4 is 33.4 Å². The number of halogens is 1. The number of hydrogen-bond donors (Lipinski definition) is 0. The molecule has 23 heavy (non-hydrogen) atoms. The zero-order valence-corrected chi connectivity index (χ0v) is 14.4. The van der Waals surface area contributed by atoms with Crippen LogP contribution in [-0.2, 0) is 0 Å². The summed E-state index contributed by atoms with van der Waals surface area (Å²) >= 11 is 3.45. The average Bonchev–Trinajstić information content (AvgIpc) is 3.25. The molecule has 8 heteroatoms. The minimum atomic E-state index is 0.197. The van der Waals surface area contributed by atoms with Gasteiger partial charge in [-0.05, 0) is 40.9 Å². The highest BCUT2D eigenvalue weighted by atomic mass is 79.9. The van der Waals surface area contributed by atoms with Gasteiger partial charge in [0.15, 0.2) is 5.65 Å². The molecule has 0 aromatic carbocycles. The van der Waals surface area contributed by atoms with Crippen LogP contribution in [0, 0.1) is 0 Å². The summed E-state index contributed by atoms with van der Waals surface area (Å²) < 4.78 is 2.63. The number of urea groups is 1. The molecule has 0 N–H and O–H groups in total. The molecule has 0 aliphatic carbocycles. The third-order valence-electron chi connectivity index (χ3n) is 4.56. The van der Waals surface area contributed by atoms with Crippen molar-refractivity contribution in [3.63, 3.8) is 0 Å². The Bertz CT molecular complexity index is 718. The van der Waals surface area contributed by atoms with Gasteiger partial charge in [-0.2, -0.15) is 0 Å². The van der Waals surface area contributed by atoms with Crippen LogP contribution in [0.3, 0.4) is 0 Å². The van der Waals surface area contributed by atoms with Gasteiger partial charge in [0.05, 0.1) is 6.20 Å². The summed E-state index contributed by atoms with van der Waals surface area (Å²) in [5, 5.41) is 4.63. The maximum Gasteiger partial charge on any atom is 0.320 e. The molecule has 2 aromatic rings. The Morgan fingerprint density at radius 1 is 1.00 bits per heavy atom. The van der Waals surface area contributed by atoms with Gasteiger partial charge in [-0.25, -0.2) is 14.3 Å². The van der Waals surface area contributed by atoms with Crippen LogP contribution in [0.1, 0.15) is 12.8 Å². The Morgan fingerprint density at radius 2 is 1.70 bits per heavy atom. The van der Waals surface area contributed by atoms with Gasteiger partial charge in [-0.15, -0.1) is 5.10 Å². The molecule has 2 saturated heterocycles. The minimum absolute atomic E-state index is 0.197. The van der Waals surface area contributed by atoms with Crippen molar-refractivity contribution < 1.29 is 4.79 Å². The fourth-order valence-electron chi connectivity index (χ4n) is 3.24. The van der Waals surface area contributed by atoms with Crippen LogP contribution in [0.15, 0.2) is 22.9 Å². The Kier molecular flexibility index (Phi) is 3.84. The molecule has 2 aliphatic heterocycles. The van der Waals surface area contributed by atoms with Gasteiger partial charge in [0.25, 0.3) is 0 Å². The first kappa shape index (κ1) is 14.7. The predicted molar refractivity (Wildman–Crippen MR) is 90.7 cm³/mol. The van der Waals surface area contributed by atoms with Crippen LogP contribution in [0.4, 0.5) is 10.6 Å². The van der Waals surface area contributed by atoms with Crippen LogP contribution in [0.5, 0.6) is 0 Å². The number of amides is 2. The van der Waals surface area contributed by atoms with Crippen molar-refractivity contribution in [2.75, 3.05) is 44.2 Å². The quantitative estimate of drug-likeness (QED) is 0.759. The Labute approximate surface area is 143 Å². The van der Waals surface area contributed by atoms with Crippen molar-refractivity contribution in [1.82, 2.24) is 24.4 Å². The molecule has 0 spiro atoms. The summed E-state index contributed by atoms with van der Waals surface area (Å²) in [6.45, 7) is 4.94.